The van der Waals surface area contributed by atoms with Crippen molar-refractivity contribution < 1.29 is 14.3 Å². The predicted molar refractivity (Wildman–Crippen MR) is 86.8 cm³/mol. The number of carbonyl (C=O) groups is 1. The molecule has 0 saturated heterocycles. The Bertz CT molecular complexity index is 718. The van der Waals surface area contributed by atoms with Crippen LogP contribution in [0.1, 0.15) is 23.5 Å². The minimum atomic E-state index is -0.411. The number of rotatable bonds is 4. The van der Waals surface area contributed by atoms with Crippen LogP contribution in [0.4, 0.5) is 0 Å². The molecular weight excluding hydrogens is 290 g/mol. The highest BCUT2D eigenvalue weighted by Crippen LogP contribution is 2.44. The Hall–Kier alpha value is -2.49. The maximum Gasteiger partial charge on any atom is 0.261 e. The van der Waals surface area contributed by atoms with E-state index in [0.29, 0.717) is 12.3 Å². The summed E-state index contributed by atoms with van der Waals surface area (Å²) in [4.78, 5) is 12.4. The molecule has 0 unspecified atom stereocenters. The Morgan fingerprint density at radius 2 is 1.96 bits per heavy atom. The van der Waals surface area contributed by atoms with Crippen LogP contribution in [0.15, 0.2) is 48.5 Å². The van der Waals surface area contributed by atoms with Crippen molar-refractivity contribution in [1.29, 1.82) is 0 Å². The molecule has 4 heteroatoms. The normalized spacial score (nSPS) is 24.5. The molecule has 1 aliphatic carbocycles. The smallest absolute Gasteiger partial charge is 0.261 e. The number of nitrogens with one attached hydrogen (secondary N) is 1. The summed E-state index contributed by atoms with van der Waals surface area (Å²) in [5.41, 5.74) is 2.26. The van der Waals surface area contributed by atoms with Crippen LogP contribution in [0.5, 0.6) is 11.5 Å². The number of hydrogen-bond donors (Lipinski definition) is 1. The van der Waals surface area contributed by atoms with Crippen molar-refractivity contribution in [3.63, 3.8) is 0 Å². The highest BCUT2D eigenvalue weighted by molar-refractivity contribution is 5.83. The molecule has 118 valence electrons. The molecule has 4 rings (SSSR count). The van der Waals surface area contributed by atoms with E-state index in [4.69, 9.17) is 9.47 Å². The summed E-state index contributed by atoms with van der Waals surface area (Å²) in [5.74, 6) is 2.02. The van der Waals surface area contributed by atoms with Crippen LogP contribution in [-0.4, -0.2) is 25.2 Å². The third kappa shape index (κ3) is 2.65. The van der Waals surface area contributed by atoms with E-state index in [2.05, 4.69) is 11.4 Å². The number of para-hydroxylation sites is 2. The van der Waals surface area contributed by atoms with Gasteiger partial charge < -0.3 is 14.8 Å². The summed E-state index contributed by atoms with van der Waals surface area (Å²) in [6, 6.07) is 16.0. The maximum absolute atomic E-state index is 12.4. The van der Waals surface area contributed by atoms with Gasteiger partial charge >= 0.3 is 0 Å². The molecule has 1 saturated carbocycles. The zero-order chi connectivity index (χ0) is 15.8. The molecule has 23 heavy (non-hydrogen) atoms. The van der Waals surface area contributed by atoms with E-state index < -0.39 is 6.10 Å². The highest BCUT2D eigenvalue weighted by atomic mass is 16.5. The van der Waals surface area contributed by atoms with E-state index in [0.717, 1.165) is 29.0 Å². The summed E-state index contributed by atoms with van der Waals surface area (Å²) in [5, 5.41) is 3.11. The zero-order valence-corrected chi connectivity index (χ0v) is 13.0. The highest BCUT2D eigenvalue weighted by Gasteiger charge is 2.42. The SMILES string of the molecule is COc1ccccc1[C@@H]1C[C@H]1NC(=O)[C@@H]1Cc2ccccc2O1. The van der Waals surface area contributed by atoms with Crippen molar-refractivity contribution in [1.82, 2.24) is 5.32 Å². The summed E-state index contributed by atoms with van der Waals surface area (Å²) < 4.78 is 11.2. The molecule has 0 spiro atoms. The van der Waals surface area contributed by atoms with Gasteiger partial charge in [-0.1, -0.05) is 36.4 Å². The summed E-state index contributed by atoms with van der Waals surface area (Å²) in [6.07, 6.45) is 1.19. The number of amides is 1. The van der Waals surface area contributed by atoms with Crippen molar-refractivity contribution in [3.05, 3.63) is 59.7 Å². The third-order valence-electron chi connectivity index (χ3n) is 4.60. The molecule has 0 radical (unpaired) electrons. The van der Waals surface area contributed by atoms with Gasteiger partial charge in [-0.05, 0) is 29.7 Å². The fraction of sp³-hybridized carbons (Fsp3) is 0.316. The Kier molecular flexibility index (Phi) is 3.45. The molecule has 2 aromatic carbocycles. The second-order valence-electron chi connectivity index (χ2n) is 6.12. The van der Waals surface area contributed by atoms with Gasteiger partial charge in [0.1, 0.15) is 11.5 Å². The Balaban J connectivity index is 1.38. The molecule has 1 fully saturated rings. The molecule has 0 bridgehead atoms. The quantitative estimate of drug-likeness (QED) is 0.944. The number of benzene rings is 2. The standard InChI is InChI=1S/C19H19NO3/c1-22-17-9-5-3-7-13(17)14-11-15(14)20-19(21)18-10-12-6-2-4-8-16(12)23-18/h2-9,14-15,18H,10-11H2,1H3,(H,20,21)/t14-,15+,18-/m0/s1. The topological polar surface area (TPSA) is 47.6 Å². The lowest BCUT2D eigenvalue weighted by atomic mass is 10.1. The first-order chi connectivity index (χ1) is 11.3. The average molecular weight is 309 g/mol. The van der Waals surface area contributed by atoms with Crippen LogP contribution in [0, 0.1) is 0 Å². The lowest BCUT2D eigenvalue weighted by molar-refractivity contribution is -0.127. The van der Waals surface area contributed by atoms with Crippen LogP contribution in [-0.2, 0) is 11.2 Å². The van der Waals surface area contributed by atoms with Gasteiger partial charge in [0.05, 0.1) is 7.11 Å². The van der Waals surface area contributed by atoms with Gasteiger partial charge in [0.2, 0.25) is 0 Å². The van der Waals surface area contributed by atoms with E-state index in [1.165, 1.54) is 0 Å². The third-order valence-corrected chi connectivity index (χ3v) is 4.60. The molecule has 2 aromatic rings. The minimum Gasteiger partial charge on any atom is -0.496 e. The summed E-state index contributed by atoms with van der Waals surface area (Å²) in [6.45, 7) is 0. The lowest BCUT2D eigenvalue weighted by Gasteiger charge is -2.12. The van der Waals surface area contributed by atoms with Crippen LogP contribution in [0.2, 0.25) is 0 Å². The van der Waals surface area contributed by atoms with Crippen LogP contribution in [0.25, 0.3) is 0 Å². The van der Waals surface area contributed by atoms with Gasteiger partial charge in [0, 0.05) is 18.4 Å². The van der Waals surface area contributed by atoms with Crippen molar-refractivity contribution in [2.75, 3.05) is 7.11 Å². The van der Waals surface area contributed by atoms with E-state index in [-0.39, 0.29) is 11.9 Å². The van der Waals surface area contributed by atoms with Crippen LogP contribution < -0.4 is 14.8 Å². The minimum absolute atomic E-state index is 0.0244. The average Bonchev–Trinajstić information content (AvgIpc) is 3.20. The monoisotopic (exact) mass is 309 g/mol. The predicted octanol–water partition coefficient (Wildman–Crippen LogP) is 2.67. The molecule has 1 aliphatic heterocycles. The Morgan fingerprint density at radius 1 is 1.17 bits per heavy atom. The molecule has 1 heterocycles. The van der Waals surface area contributed by atoms with Gasteiger partial charge in [-0.3, -0.25) is 4.79 Å². The Labute approximate surface area is 135 Å². The molecular formula is C19H19NO3. The second kappa shape index (κ2) is 5.61. The lowest BCUT2D eigenvalue weighted by Crippen LogP contribution is -2.39. The van der Waals surface area contributed by atoms with Crippen molar-refractivity contribution in [3.8, 4) is 11.5 Å². The van der Waals surface area contributed by atoms with Crippen molar-refractivity contribution in [2.45, 2.75) is 30.9 Å². The Morgan fingerprint density at radius 3 is 2.78 bits per heavy atom. The van der Waals surface area contributed by atoms with E-state index in [9.17, 15) is 4.79 Å². The first kappa shape index (κ1) is 14.1. The summed E-state index contributed by atoms with van der Waals surface area (Å²) >= 11 is 0. The zero-order valence-electron chi connectivity index (χ0n) is 13.0. The maximum atomic E-state index is 12.4. The molecule has 4 nitrogen and oxygen atoms in total. The second-order valence-corrected chi connectivity index (χ2v) is 6.12. The molecule has 2 aliphatic rings. The first-order valence-corrected chi connectivity index (χ1v) is 7.94. The van der Waals surface area contributed by atoms with Gasteiger partial charge in [-0.15, -0.1) is 0 Å². The summed E-state index contributed by atoms with van der Waals surface area (Å²) in [7, 11) is 1.68. The number of fused-ring (bicyclic) bond motifs is 1. The number of methoxy groups -OCH3 is 1. The molecule has 3 atom stereocenters. The van der Waals surface area contributed by atoms with E-state index in [1.807, 2.05) is 42.5 Å². The van der Waals surface area contributed by atoms with E-state index >= 15 is 0 Å². The first-order valence-electron chi connectivity index (χ1n) is 7.94. The number of hydrogen-bond acceptors (Lipinski definition) is 3. The molecule has 1 N–H and O–H groups in total. The van der Waals surface area contributed by atoms with Crippen molar-refractivity contribution in [2.24, 2.45) is 0 Å². The molecule has 1 amide bonds. The number of carbonyl (C=O) groups excluding carboxylic acids is 1. The van der Waals surface area contributed by atoms with Gasteiger partial charge in [-0.2, -0.15) is 0 Å². The largest absolute Gasteiger partial charge is 0.496 e. The van der Waals surface area contributed by atoms with Gasteiger partial charge in [0.15, 0.2) is 6.10 Å². The van der Waals surface area contributed by atoms with Crippen LogP contribution >= 0.6 is 0 Å². The van der Waals surface area contributed by atoms with Gasteiger partial charge in [0.25, 0.3) is 5.91 Å². The fourth-order valence-corrected chi connectivity index (χ4v) is 3.27. The molecule has 0 aromatic heterocycles. The number of ether oxygens (including phenoxy) is 2. The van der Waals surface area contributed by atoms with Gasteiger partial charge in [-0.25, -0.2) is 0 Å². The van der Waals surface area contributed by atoms with E-state index in [1.54, 1.807) is 7.11 Å². The fourth-order valence-electron chi connectivity index (χ4n) is 3.27. The van der Waals surface area contributed by atoms with Crippen LogP contribution in [0.3, 0.4) is 0 Å². The van der Waals surface area contributed by atoms with Crippen molar-refractivity contribution >= 4 is 5.91 Å².